The number of nitriles is 1. The molecule has 0 radical (unpaired) electrons. The van der Waals surface area contributed by atoms with Gasteiger partial charge in [-0.2, -0.15) is 5.26 Å². The summed E-state index contributed by atoms with van der Waals surface area (Å²) in [4.78, 5) is 0. The van der Waals surface area contributed by atoms with E-state index in [4.69, 9.17) is 24.2 Å². The Morgan fingerprint density at radius 2 is 2.32 bits per heavy atom. The lowest BCUT2D eigenvalue weighted by Gasteiger charge is -2.08. The van der Waals surface area contributed by atoms with E-state index in [0.717, 1.165) is 5.56 Å². The number of benzene rings is 1. The highest BCUT2D eigenvalue weighted by atomic mass is 16.7. The second-order valence-corrected chi connectivity index (χ2v) is 3.90. The number of ether oxygens (including phenoxy) is 4. The van der Waals surface area contributed by atoms with Gasteiger partial charge in [-0.25, -0.2) is 0 Å². The van der Waals surface area contributed by atoms with Crippen molar-refractivity contribution in [2.24, 2.45) is 0 Å². The highest BCUT2D eigenvalue weighted by Crippen LogP contribution is 2.42. The second-order valence-electron chi connectivity index (χ2n) is 3.90. The van der Waals surface area contributed by atoms with Crippen LogP contribution in [-0.2, 0) is 4.74 Å². The fourth-order valence-electron chi connectivity index (χ4n) is 1.81. The Morgan fingerprint density at radius 1 is 1.47 bits per heavy atom. The van der Waals surface area contributed by atoms with Crippen LogP contribution in [0.25, 0.3) is 6.08 Å². The molecule has 0 saturated heterocycles. The number of hydrogen-bond acceptors (Lipinski definition) is 5. The molecule has 0 aliphatic carbocycles. The number of hydrogen-bond donors (Lipinski definition) is 0. The van der Waals surface area contributed by atoms with Gasteiger partial charge in [0.15, 0.2) is 11.5 Å². The minimum Gasteiger partial charge on any atom is -0.490 e. The molecular formula is C14H15NO4. The topological polar surface area (TPSA) is 60.7 Å². The summed E-state index contributed by atoms with van der Waals surface area (Å²) in [6.07, 6.45) is 1.74. The van der Waals surface area contributed by atoms with Crippen molar-refractivity contribution >= 4 is 6.08 Å². The monoisotopic (exact) mass is 261 g/mol. The Hall–Kier alpha value is -2.19. The summed E-state index contributed by atoms with van der Waals surface area (Å²) in [7, 11) is 1.55. The Morgan fingerprint density at radius 3 is 3.00 bits per heavy atom. The van der Waals surface area contributed by atoms with Gasteiger partial charge < -0.3 is 18.9 Å². The first-order valence-corrected chi connectivity index (χ1v) is 5.94. The van der Waals surface area contributed by atoms with Crippen molar-refractivity contribution in [3.8, 4) is 23.3 Å². The van der Waals surface area contributed by atoms with Crippen molar-refractivity contribution in [3.05, 3.63) is 23.3 Å². The molecular weight excluding hydrogens is 246 g/mol. The minimum absolute atomic E-state index is 0.186. The smallest absolute Gasteiger partial charge is 0.231 e. The molecule has 100 valence electrons. The Labute approximate surface area is 112 Å². The molecule has 0 spiro atoms. The summed E-state index contributed by atoms with van der Waals surface area (Å²) in [5, 5.41) is 9.00. The van der Waals surface area contributed by atoms with E-state index in [1.165, 1.54) is 0 Å². The molecule has 1 aliphatic rings. The van der Waals surface area contributed by atoms with Crippen molar-refractivity contribution in [1.82, 2.24) is 0 Å². The Bertz CT molecular complexity index is 531. The van der Waals surface area contributed by atoms with Gasteiger partial charge in [-0.15, -0.1) is 0 Å². The van der Waals surface area contributed by atoms with E-state index in [1.807, 2.05) is 19.1 Å². The molecule has 0 bridgehead atoms. The minimum atomic E-state index is 0.186. The molecule has 1 aromatic rings. The molecule has 19 heavy (non-hydrogen) atoms. The maximum atomic E-state index is 9.00. The van der Waals surface area contributed by atoms with Crippen LogP contribution in [0.4, 0.5) is 0 Å². The molecule has 5 heteroatoms. The highest BCUT2D eigenvalue weighted by molar-refractivity contribution is 5.65. The van der Waals surface area contributed by atoms with Gasteiger partial charge in [0.25, 0.3) is 0 Å². The molecule has 1 aromatic carbocycles. The fourth-order valence-corrected chi connectivity index (χ4v) is 1.81. The van der Waals surface area contributed by atoms with Gasteiger partial charge in [0, 0.05) is 7.11 Å². The largest absolute Gasteiger partial charge is 0.490 e. The first kappa shape index (κ1) is 13.2. The second kappa shape index (κ2) is 6.12. The van der Waals surface area contributed by atoms with Crippen LogP contribution in [0.2, 0.25) is 0 Å². The summed E-state index contributed by atoms with van der Waals surface area (Å²) in [5.74, 6) is 1.87. The lowest BCUT2D eigenvalue weighted by molar-refractivity contribution is 0.170. The van der Waals surface area contributed by atoms with Crippen LogP contribution >= 0.6 is 0 Å². The summed E-state index contributed by atoms with van der Waals surface area (Å²) >= 11 is 0. The van der Waals surface area contributed by atoms with Crippen LogP contribution in [0.3, 0.4) is 0 Å². The van der Waals surface area contributed by atoms with E-state index in [2.05, 4.69) is 6.07 Å². The zero-order chi connectivity index (χ0) is 13.7. The lowest BCUT2D eigenvalue weighted by Crippen LogP contribution is -1.96. The number of fused-ring (bicyclic) bond motifs is 1. The molecule has 0 N–H and O–H groups in total. The third kappa shape index (κ3) is 2.98. The van der Waals surface area contributed by atoms with Gasteiger partial charge in [-0.1, -0.05) is 0 Å². The Balaban J connectivity index is 2.37. The van der Waals surface area contributed by atoms with E-state index in [-0.39, 0.29) is 13.4 Å². The summed E-state index contributed by atoms with van der Waals surface area (Å²) in [5.41, 5.74) is 1.35. The summed E-state index contributed by atoms with van der Waals surface area (Å²) < 4.78 is 21.2. The predicted octanol–water partition coefficient (Wildman–Crippen LogP) is 2.37. The van der Waals surface area contributed by atoms with E-state index in [9.17, 15) is 0 Å². The molecule has 0 aromatic heterocycles. The van der Waals surface area contributed by atoms with Gasteiger partial charge >= 0.3 is 0 Å². The van der Waals surface area contributed by atoms with Crippen LogP contribution in [0, 0.1) is 11.3 Å². The first-order chi connectivity index (χ1) is 9.28. The lowest BCUT2D eigenvalue weighted by atomic mass is 10.1. The van der Waals surface area contributed by atoms with Crippen LogP contribution in [0.1, 0.15) is 12.5 Å². The maximum Gasteiger partial charge on any atom is 0.231 e. The van der Waals surface area contributed by atoms with E-state index < -0.39 is 0 Å². The van der Waals surface area contributed by atoms with Gasteiger partial charge in [0.2, 0.25) is 12.5 Å². The van der Waals surface area contributed by atoms with Crippen LogP contribution in [0.15, 0.2) is 17.7 Å². The molecule has 0 atom stereocenters. The van der Waals surface area contributed by atoms with E-state index in [0.29, 0.717) is 29.4 Å². The molecule has 1 heterocycles. The number of nitrogens with zero attached hydrogens (tertiary/aromatic N) is 1. The quantitative estimate of drug-likeness (QED) is 0.761. The van der Waals surface area contributed by atoms with Crippen molar-refractivity contribution in [1.29, 1.82) is 5.26 Å². The molecule has 5 nitrogen and oxygen atoms in total. The maximum absolute atomic E-state index is 9.00. The molecule has 1 aliphatic heterocycles. The van der Waals surface area contributed by atoms with Crippen LogP contribution < -0.4 is 14.2 Å². The SMILES string of the molecule is CCOc1cc(C=C(C#N)COC)cc2c1OCO2. The van der Waals surface area contributed by atoms with Crippen molar-refractivity contribution < 1.29 is 18.9 Å². The molecule has 0 amide bonds. The van der Waals surface area contributed by atoms with Gasteiger partial charge in [0.05, 0.1) is 24.9 Å². The third-order valence-electron chi connectivity index (χ3n) is 2.54. The van der Waals surface area contributed by atoms with Gasteiger partial charge in [0.1, 0.15) is 0 Å². The Kier molecular flexibility index (Phi) is 4.26. The van der Waals surface area contributed by atoms with Gasteiger partial charge in [-0.05, 0) is 30.7 Å². The van der Waals surface area contributed by atoms with Gasteiger partial charge in [-0.3, -0.25) is 0 Å². The van der Waals surface area contributed by atoms with Crippen molar-refractivity contribution in [2.45, 2.75) is 6.92 Å². The van der Waals surface area contributed by atoms with Crippen LogP contribution in [0.5, 0.6) is 17.2 Å². The van der Waals surface area contributed by atoms with Crippen LogP contribution in [-0.4, -0.2) is 27.1 Å². The number of rotatable bonds is 5. The number of methoxy groups -OCH3 is 1. The third-order valence-corrected chi connectivity index (χ3v) is 2.54. The van der Waals surface area contributed by atoms with E-state index in [1.54, 1.807) is 13.2 Å². The normalized spacial score (nSPS) is 13.2. The van der Waals surface area contributed by atoms with E-state index >= 15 is 0 Å². The highest BCUT2D eigenvalue weighted by Gasteiger charge is 2.20. The van der Waals surface area contributed by atoms with Crippen molar-refractivity contribution in [2.75, 3.05) is 27.1 Å². The fraction of sp³-hybridized carbons (Fsp3) is 0.357. The first-order valence-electron chi connectivity index (χ1n) is 5.94. The average molecular weight is 261 g/mol. The molecule has 0 saturated carbocycles. The van der Waals surface area contributed by atoms with Crippen molar-refractivity contribution in [3.63, 3.8) is 0 Å². The zero-order valence-corrected chi connectivity index (χ0v) is 10.9. The standard InChI is InChI=1S/C14H15NO4/c1-3-17-12-5-10(4-11(7-15)8-16-2)6-13-14(12)19-9-18-13/h4-6H,3,8-9H2,1-2H3. The average Bonchev–Trinajstić information content (AvgIpc) is 2.87. The zero-order valence-electron chi connectivity index (χ0n) is 10.9. The summed E-state index contributed by atoms with van der Waals surface area (Å²) in [6, 6.07) is 5.73. The molecule has 2 rings (SSSR count). The summed E-state index contributed by atoms with van der Waals surface area (Å²) in [6.45, 7) is 2.89. The molecule has 0 fully saturated rings. The predicted molar refractivity (Wildman–Crippen MR) is 69.2 cm³/mol. The molecule has 0 unspecified atom stereocenters.